The van der Waals surface area contributed by atoms with E-state index in [1.54, 1.807) is 11.8 Å². The summed E-state index contributed by atoms with van der Waals surface area (Å²) in [7, 11) is 0. The SMILES string of the molecule is CC(C)C1NC(=O)C(C)N(C(C)C)C1=O. The van der Waals surface area contributed by atoms with Crippen LogP contribution in [0.1, 0.15) is 34.6 Å². The average molecular weight is 212 g/mol. The molecular formula is C11H20N2O2. The Morgan fingerprint density at radius 2 is 1.73 bits per heavy atom. The monoisotopic (exact) mass is 212 g/mol. The second kappa shape index (κ2) is 4.21. The standard InChI is InChI=1S/C11H20N2O2/c1-6(2)9-11(15)13(7(3)4)8(5)10(14)12-9/h6-9H,1-5H3,(H,12,14). The van der Waals surface area contributed by atoms with Crippen LogP contribution in [0.4, 0.5) is 0 Å². The molecule has 86 valence electrons. The maximum Gasteiger partial charge on any atom is 0.246 e. The van der Waals surface area contributed by atoms with Crippen molar-refractivity contribution in [3.63, 3.8) is 0 Å². The Kier molecular flexibility index (Phi) is 3.37. The van der Waals surface area contributed by atoms with Crippen molar-refractivity contribution in [1.82, 2.24) is 10.2 Å². The number of piperazine rings is 1. The second-order valence-electron chi connectivity index (χ2n) is 4.75. The number of carbonyl (C=O) groups is 2. The van der Waals surface area contributed by atoms with Crippen LogP contribution >= 0.6 is 0 Å². The van der Waals surface area contributed by atoms with Gasteiger partial charge in [-0.2, -0.15) is 0 Å². The first-order chi connectivity index (χ1) is 6.86. The van der Waals surface area contributed by atoms with E-state index < -0.39 is 0 Å². The van der Waals surface area contributed by atoms with Crippen molar-refractivity contribution in [1.29, 1.82) is 0 Å². The van der Waals surface area contributed by atoms with Gasteiger partial charge >= 0.3 is 0 Å². The minimum atomic E-state index is -0.365. The predicted molar refractivity (Wildman–Crippen MR) is 58.2 cm³/mol. The summed E-state index contributed by atoms with van der Waals surface area (Å²) in [6.07, 6.45) is 0. The number of carbonyl (C=O) groups excluding carboxylic acids is 2. The molecule has 0 aliphatic carbocycles. The molecule has 1 fully saturated rings. The molecule has 1 heterocycles. The van der Waals surface area contributed by atoms with Gasteiger partial charge in [0.2, 0.25) is 11.8 Å². The first-order valence-corrected chi connectivity index (χ1v) is 5.48. The zero-order valence-electron chi connectivity index (χ0n) is 10.1. The number of hydrogen-bond acceptors (Lipinski definition) is 2. The number of amides is 2. The first kappa shape index (κ1) is 12.0. The van der Waals surface area contributed by atoms with Crippen molar-refractivity contribution >= 4 is 11.8 Å². The molecule has 4 heteroatoms. The fourth-order valence-corrected chi connectivity index (χ4v) is 1.97. The lowest BCUT2D eigenvalue weighted by Crippen LogP contribution is -2.65. The van der Waals surface area contributed by atoms with Crippen LogP contribution in [0.25, 0.3) is 0 Å². The van der Waals surface area contributed by atoms with Crippen molar-refractivity contribution < 1.29 is 9.59 Å². The highest BCUT2D eigenvalue weighted by Crippen LogP contribution is 2.17. The normalized spacial score (nSPS) is 27.5. The summed E-state index contributed by atoms with van der Waals surface area (Å²) in [5.41, 5.74) is 0. The molecule has 0 aromatic carbocycles. The second-order valence-corrected chi connectivity index (χ2v) is 4.75. The topological polar surface area (TPSA) is 49.4 Å². The van der Waals surface area contributed by atoms with Gasteiger partial charge in [0.05, 0.1) is 0 Å². The van der Waals surface area contributed by atoms with Gasteiger partial charge in [0.25, 0.3) is 0 Å². The smallest absolute Gasteiger partial charge is 0.246 e. The van der Waals surface area contributed by atoms with Crippen LogP contribution in [0.15, 0.2) is 0 Å². The highest BCUT2D eigenvalue weighted by molar-refractivity contribution is 5.97. The average Bonchev–Trinajstić information content (AvgIpc) is 2.10. The zero-order chi connectivity index (χ0) is 11.7. The first-order valence-electron chi connectivity index (χ1n) is 5.48. The third-order valence-corrected chi connectivity index (χ3v) is 2.84. The van der Waals surface area contributed by atoms with Crippen molar-refractivity contribution in [3.8, 4) is 0 Å². The van der Waals surface area contributed by atoms with E-state index in [1.165, 1.54) is 0 Å². The van der Waals surface area contributed by atoms with E-state index >= 15 is 0 Å². The Morgan fingerprint density at radius 3 is 2.13 bits per heavy atom. The van der Waals surface area contributed by atoms with Crippen LogP contribution in [0.3, 0.4) is 0 Å². The van der Waals surface area contributed by atoms with E-state index in [0.29, 0.717) is 0 Å². The molecule has 2 amide bonds. The molecule has 0 spiro atoms. The summed E-state index contributed by atoms with van der Waals surface area (Å²) in [6.45, 7) is 9.52. The van der Waals surface area contributed by atoms with Crippen molar-refractivity contribution in [2.24, 2.45) is 5.92 Å². The van der Waals surface area contributed by atoms with E-state index in [9.17, 15) is 9.59 Å². The van der Waals surface area contributed by atoms with Gasteiger partial charge in [-0.05, 0) is 26.7 Å². The largest absolute Gasteiger partial charge is 0.342 e. The van der Waals surface area contributed by atoms with Gasteiger partial charge in [-0.3, -0.25) is 9.59 Å². The molecular weight excluding hydrogens is 192 g/mol. The number of rotatable bonds is 2. The molecule has 0 aromatic rings. The number of nitrogens with zero attached hydrogens (tertiary/aromatic N) is 1. The Balaban J connectivity index is 2.94. The zero-order valence-corrected chi connectivity index (χ0v) is 10.1. The molecule has 0 radical (unpaired) electrons. The van der Waals surface area contributed by atoms with Crippen molar-refractivity contribution in [2.45, 2.75) is 52.7 Å². The molecule has 0 bridgehead atoms. The lowest BCUT2D eigenvalue weighted by atomic mass is 9.97. The predicted octanol–water partition coefficient (Wildman–Crippen LogP) is 0.766. The molecule has 1 aliphatic heterocycles. The molecule has 1 saturated heterocycles. The minimum absolute atomic E-state index is 0.0344. The van der Waals surface area contributed by atoms with Gasteiger partial charge in [0, 0.05) is 6.04 Å². The van der Waals surface area contributed by atoms with Crippen LogP contribution in [-0.4, -0.2) is 34.8 Å². The van der Waals surface area contributed by atoms with Crippen LogP contribution in [0.5, 0.6) is 0 Å². The number of hydrogen-bond donors (Lipinski definition) is 1. The van der Waals surface area contributed by atoms with Crippen LogP contribution in [0, 0.1) is 5.92 Å². The fraction of sp³-hybridized carbons (Fsp3) is 0.818. The van der Waals surface area contributed by atoms with E-state index in [4.69, 9.17) is 0 Å². The quantitative estimate of drug-likeness (QED) is 0.735. The Bertz CT molecular complexity index is 274. The van der Waals surface area contributed by atoms with Gasteiger partial charge in [0.1, 0.15) is 12.1 Å². The molecule has 4 nitrogen and oxygen atoms in total. The van der Waals surface area contributed by atoms with E-state index in [1.807, 2.05) is 27.7 Å². The maximum absolute atomic E-state index is 12.1. The van der Waals surface area contributed by atoms with E-state index in [2.05, 4.69) is 5.32 Å². The van der Waals surface area contributed by atoms with Gasteiger partial charge < -0.3 is 10.2 Å². The molecule has 0 aromatic heterocycles. The Labute approximate surface area is 91.0 Å². The van der Waals surface area contributed by atoms with Crippen molar-refractivity contribution in [2.75, 3.05) is 0 Å². The van der Waals surface area contributed by atoms with Crippen LogP contribution in [0.2, 0.25) is 0 Å². The summed E-state index contributed by atoms with van der Waals surface area (Å²) < 4.78 is 0. The lowest BCUT2D eigenvalue weighted by molar-refractivity contribution is -0.151. The molecule has 2 atom stereocenters. The third-order valence-electron chi connectivity index (χ3n) is 2.84. The molecule has 0 saturated carbocycles. The number of nitrogens with one attached hydrogen (secondary N) is 1. The molecule has 15 heavy (non-hydrogen) atoms. The van der Waals surface area contributed by atoms with Gasteiger partial charge in [-0.1, -0.05) is 13.8 Å². The molecule has 1 aliphatic rings. The summed E-state index contributed by atoms with van der Waals surface area (Å²) in [4.78, 5) is 25.4. The highest BCUT2D eigenvalue weighted by Gasteiger charge is 2.40. The van der Waals surface area contributed by atoms with Gasteiger partial charge in [-0.25, -0.2) is 0 Å². The minimum Gasteiger partial charge on any atom is -0.342 e. The summed E-state index contributed by atoms with van der Waals surface area (Å²) >= 11 is 0. The summed E-state index contributed by atoms with van der Waals surface area (Å²) in [5.74, 6) is 0.115. The lowest BCUT2D eigenvalue weighted by Gasteiger charge is -2.41. The maximum atomic E-state index is 12.1. The Morgan fingerprint density at radius 1 is 1.20 bits per heavy atom. The van der Waals surface area contributed by atoms with Crippen molar-refractivity contribution in [3.05, 3.63) is 0 Å². The van der Waals surface area contributed by atoms with Crippen LogP contribution < -0.4 is 5.32 Å². The molecule has 2 unspecified atom stereocenters. The Hall–Kier alpha value is -1.06. The van der Waals surface area contributed by atoms with Gasteiger partial charge in [0.15, 0.2) is 0 Å². The van der Waals surface area contributed by atoms with E-state index in [0.717, 1.165) is 0 Å². The highest BCUT2D eigenvalue weighted by atomic mass is 16.2. The molecule has 1 rings (SSSR count). The molecule has 1 N–H and O–H groups in total. The fourth-order valence-electron chi connectivity index (χ4n) is 1.97. The summed E-state index contributed by atoms with van der Waals surface area (Å²) in [5, 5.41) is 2.77. The van der Waals surface area contributed by atoms with E-state index in [-0.39, 0.29) is 35.9 Å². The van der Waals surface area contributed by atoms with Crippen LogP contribution in [-0.2, 0) is 9.59 Å². The third kappa shape index (κ3) is 2.13. The summed E-state index contributed by atoms with van der Waals surface area (Å²) in [6, 6.07) is -0.650. The van der Waals surface area contributed by atoms with Gasteiger partial charge in [-0.15, -0.1) is 0 Å².